The van der Waals surface area contributed by atoms with Crippen molar-refractivity contribution in [1.82, 2.24) is 0 Å². The van der Waals surface area contributed by atoms with Crippen LogP contribution in [-0.2, 0) is 0 Å². The summed E-state index contributed by atoms with van der Waals surface area (Å²) >= 11 is 0. The SMILES string of the molecule is C#C[C@@]1(O)CC[C@]2(C)C3CC[C@@]4(C)C(CC[C@@H]4[C@H](C)CCCC(C)C)C3CC[C@H]2C1. The molecule has 1 N–H and O–H groups in total. The molecule has 0 aromatic heterocycles. The van der Waals surface area contributed by atoms with Crippen LogP contribution in [0.3, 0.4) is 0 Å². The molecule has 0 spiro atoms. The zero-order valence-electron chi connectivity index (χ0n) is 20.6. The van der Waals surface area contributed by atoms with Gasteiger partial charge in [0.2, 0.25) is 0 Å². The van der Waals surface area contributed by atoms with Gasteiger partial charge >= 0.3 is 0 Å². The molecule has 9 atom stereocenters. The quantitative estimate of drug-likeness (QED) is 0.464. The van der Waals surface area contributed by atoms with Crippen molar-refractivity contribution >= 4 is 0 Å². The summed E-state index contributed by atoms with van der Waals surface area (Å²) in [6.07, 6.45) is 21.3. The van der Waals surface area contributed by atoms with Crippen LogP contribution >= 0.6 is 0 Å². The molecule has 0 aromatic carbocycles. The molecular weight excluding hydrogens is 364 g/mol. The van der Waals surface area contributed by atoms with Crippen LogP contribution in [0.5, 0.6) is 0 Å². The highest BCUT2D eigenvalue weighted by molar-refractivity contribution is 5.16. The van der Waals surface area contributed by atoms with Crippen molar-refractivity contribution in [3.05, 3.63) is 0 Å². The number of rotatable bonds is 5. The Balaban J connectivity index is 1.47. The van der Waals surface area contributed by atoms with E-state index >= 15 is 0 Å². The number of fused-ring (bicyclic) bond motifs is 5. The van der Waals surface area contributed by atoms with Gasteiger partial charge in [-0.25, -0.2) is 0 Å². The lowest BCUT2D eigenvalue weighted by molar-refractivity contribution is -0.140. The highest BCUT2D eigenvalue weighted by atomic mass is 16.3. The van der Waals surface area contributed by atoms with Crippen LogP contribution in [0.1, 0.15) is 112 Å². The van der Waals surface area contributed by atoms with Crippen LogP contribution in [-0.4, -0.2) is 10.7 Å². The standard InChI is InChI=1S/C29H48O/c1-7-29(30)18-17-27(5)22(19-29)11-12-23-25-14-13-24(21(4)10-8-9-20(2)3)28(25,6)16-15-26(23)27/h1,20-26,30H,8-19H2,2-6H3/t21-,22+,23?,24-,25?,26?,27+,28-,29-/m1/s1. The molecule has 1 nitrogen and oxygen atoms in total. The molecule has 0 heterocycles. The number of aliphatic hydroxyl groups is 1. The molecule has 1 heteroatoms. The van der Waals surface area contributed by atoms with Gasteiger partial charge < -0.3 is 5.11 Å². The fourth-order valence-electron chi connectivity index (χ4n) is 9.40. The van der Waals surface area contributed by atoms with E-state index in [1.54, 1.807) is 0 Å². The molecule has 4 aliphatic rings. The van der Waals surface area contributed by atoms with Crippen molar-refractivity contribution in [3.63, 3.8) is 0 Å². The van der Waals surface area contributed by atoms with E-state index in [1.807, 2.05) is 0 Å². The van der Waals surface area contributed by atoms with Crippen LogP contribution in [0.2, 0.25) is 0 Å². The first-order chi connectivity index (χ1) is 14.1. The molecule has 4 aliphatic carbocycles. The Labute approximate surface area is 187 Å². The fraction of sp³-hybridized carbons (Fsp3) is 0.931. The van der Waals surface area contributed by atoms with Gasteiger partial charge in [0.15, 0.2) is 0 Å². The van der Waals surface area contributed by atoms with Gasteiger partial charge in [0.1, 0.15) is 5.60 Å². The summed E-state index contributed by atoms with van der Waals surface area (Å²) in [7, 11) is 0. The summed E-state index contributed by atoms with van der Waals surface area (Å²) in [5, 5.41) is 10.8. The van der Waals surface area contributed by atoms with Gasteiger partial charge in [0.25, 0.3) is 0 Å². The van der Waals surface area contributed by atoms with E-state index < -0.39 is 5.60 Å². The van der Waals surface area contributed by atoms with Crippen LogP contribution in [0.4, 0.5) is 0 Å². The molecule has 0 amide bonds. The van der Waals surface area contributed by atoms with Crippen molar-refractivity contribution in [2.24, 2.45) is 52.3 Å². The van der Waals surface area contributed by atoms with E-state index in [4.69, 9.17) is 6.42 Å². The lowest BCUT2D eigenvalue weighted by Gasteiger charge is -2.62. The predicted molar refractivity (Wildman–Crippen MR) is 127 cm³/mol. The maximum absolute atomic E-state index is 10.8. The smallest absolute Gasteiger partial charge is 0.125 e. The first kappa shape index (κ1) is 22.7. The Kier molecular flexibility index (Phi) is 6.16. The van der Waals surface area contributed by atoms with E-state index in [-0.39, 0.29) is 0 Å². The van der Waals surface area contributed by atoms with Gasteiger partial charge in [-0.2, -0.15) is 0 Å². The maximum atomic E-state index is 10.8. The lowest BCUT2D eigenvalue weighted by Crippen LogP contribution is -2.55. The second kappa shape index (κ2) is 8.14. The Hall–Kier alpha value is -0.480. The van der Waals surface area contributed by atoms with E-state index in [9.17, 15) is 5.11 Å². The van der Waals surface area contributed by atoms with Gasteiger partial charge in [-0.15, -0.1) is 6.42 Å². The minimum absolute atomic E-state index is 0.411. The van der Waals surface area contributed by atoms with E-state index in [2.05, 4.69) is 40.5 Å². The third kappa shape index (κ3) is 3.68. The summed E-state index contributed by atoms with van der Waals surface area (Å²) in [5.74, 6) is 8.79. The number of hydrogen-bond donors (Lipinski definition) is 1. The van der Waals surface area contributed by atoms with Gasteiger partial charge in [-0.05, 0) is 110 Å². The van der Waals surface area contributed by atoms with E-state index in [1.165, 1.54) is 57.8 Å². The minimum atomic E-state index is -0.829. The Morgan fingerprint density at radius 2 is 1.63 bits per heavy atom. The monoisotopic (exact) mass is 412 g/mol. The van der Waals surface area contributed by atoms with Crippen LogP contribution < -0.4 is 0 Å². The van der Waals surface area contributed by atoms with Gasteiger partial charge in [-0.3, -0.25) is 0 Å². The first-order valence-electron chi connectivity index (χ1n) is 13.3. The van der Waals surface area contributed by atoms with Gasteiger partial charge in [-0.1, -0.05) is 59.8 Å². The summed E-state index contributed by atoms with van der Waals surface area (Å²) < 4.78 is 0. The summed E-state index contributed by atoms with van der Waals surface area (Å²) in [6, 6.07) is 0. The third-order valence-corrected chi connectivity index (χ3v) is 11.2. The van der Waals surface area contributed by atoms with Gasteiger partial charge in [0, 0.05) is 0 Å². The molecule has 4 saturated carbocycles. The van der Waals surface area contributed by atoms with Crippen molar-refractivity contribution in [3.8, 4) is 12.3 Å². The summed E-state index contributed by atoms with van der Waals surface area (Å²) in [4.78, 5) is 0. The molecule has 4 fully saturated rings. The van der Waals surface area contributed by atoms with E-state index in [0.717, 1.165) is 54.8 Å². The highest BCUT2D eigenvalue weighted by Crippen LogP contribution is 2.68. The van der Waals surface area contributed by atoms with Crippen molar-refractivity contribution in [2.45, 2.75) is 117 Å². The van der Waals surface area contributed by atoms with Crippen LogP contribution in [0.25, 0.3) is 0 Å². The minimum Gasteiger partial charge on any atom is -0.378 e. The molecule has 0 saturated heterocycles. The first-order valence-corrected chi connectivity index (χ1v) is 13.3. The number of hydrogen-bond acceptors (Lipinski definition) is 1. The largest absolute Gasteiger partial charge is 0.378 e. The second-order valence-corrected chi connectivity index (χ2v) is 13.1. The second-order valence-electron chi connectivity index (χ2n) is 13.1. The van der Waals surface area contributed by atoms with Crippen molar-refractivity contribution < 1.29 is 5.11 Å². The average Bonchev–Trinajstić information content (AvgIpc) is 3.05. The van der Waals surface area contributed by atoms with Crippen molar-refractivity contribution in [2.75, 3.05) is 0 Å². The predicted octanol–water partition coefficient (Wildman–Crippen LogP) is 7.47. The van der Waals surface area contributed by atoms with Crippen LogP contribution in [0, 0.1) is 64.6 Å². The van der Waals surface area contributed by atoms with Gasteiger partial charge in [0.05, 0.1) is 0 Å². The molecule has 0 aliphatic heterocycles. The molecule has 170 valence electrons. The molecule has 30 heavy (non-hydrogen) atoms. The third-order valence-electron chi connectivity index (χ3n) is 11.2. The normalized spacial score (nSPS) is 49.1. The highest BCUT2D eigenvalue weighted by Gasteiger charge is 2.61. The zero-order valence-corrected chi connectivity index (χ0v) is 20.6. The molecule has 3 unspecified atom stereocenters. The summed E-state index contributed by atoms with van der Waals surface area (Å²) in [5.41, 5.74) is 0.161. The average molecular weight is 413 g/mol. The molecule has 0 aromatic rings. The Bertz CT molecular complexity index is 660. The molecular formula is C29H48O. The van der Waals surface area contributed by atoms with E-state index in [0.29, 0.717) is 16.7 Å². The van der Waals surface area contributed by atoms with Crippen LogP contribution in [0.15, 0.2) is 0 Å². The fourth-order valence-corrected chi connectivity index (χ4v) is 9.40. The number of terminal acetylenes is 1. The molecule has 0 bridgehead atoms. The topological polar surface area (TPSA) is 20.2 Å². The molecule has 0 radical (unpaired) electrons. The molecule has 4 rings (SSSR count). The Morgan fingerprint density at radius 3 is 2.33 bits per heavy atom. The van der Waals surface area contributed by atoms with Crippen molar-refractivity contribution in [1.29, 1.82) is 0 Å². The summed E-state index contributed by atoms with van der Waals surface area (Å²) in [6.45, 7) is 12.6. The lowest BCUT2D eigenvalue weighted by atomic mass is 9.43. The zero-order chi connectivity index (χ0) is 21.7. The maximum Gasteiger partial charge on any atom is 0.125 e. The Morgan fingerprint density at radius 1 is 0.900 bits per heavy atom.